The zero-order valence-electron chi connectivity index (χ0n) is 19.7. The summed E-state index contributed by atoms with van der Waals surface area (Å²) in [6.07, 6.45) is 0.878. The van der Waals surface area contributed by atoms with Gasteiger partial charge in [0, 0.05) is 23.4 Å². The summed E-state index contributed by atoms with van der Waals surface area (Å²) in [6, 6.07) is 3.54. The Morgan fingerprint density at radius 1 is 1.03 bits per heavy atom. The van der Waals surface area contributed by atoms with Crippen LogP contribution in [0.1, 0.15) is 28.9 Å². The third-order valence-corrected chi connectivity index (χ3v) is 5.55. The maximum Gasteiger partial charge on any atom is 0.327 e. The van der Waals surface area contributed by atoms with E-state index in [2.05, 4.69) is 48.5 Å². The first kappa shape index (κ1) is 27.9. The molecule has 0 spiro atoms. The van der Waals surface area contributed by atoms with Crippen LogP contribution < -0.4 is 27.2 Å². The van der Waals surface area contributed by atoms with E-state index < -0.39 is 41.4 Å². The van der Waals surface area contributed by atoms with E-state index in [1.54, 1.807) is 12.1 Å². The van der Waals surface area contributed by atoms with Crippen molar-refractivity contribution >= 4 is 59.2 Å². The number of carboxylic acid groups (broad SMARTS) is 2. The number of nitrogen functional groups attached to an aromatic ring is 1. The summed E-state index contributed by atoms with van der Waals surface area (Å²) >= 11 is 3.84. The van der Waals surface area contributed by atoms with Crippen LogP contribution >= 0.6 is 12.6 Å². The highest BCUT2D eigenvalue weighted by atomic mass is 32.1. The van der Waals surface area contributed by atoms with E-state index in [-0.39, 0.29) is 47.8 Å². The van der Waals surface area contributed by atoms with Crippen LogP contribution in [0.3, 0.4) is 0 Å². The zero-order chi connectivity index (χ0) is 27.8. The number of aliphatic carboxylic acids is 2. The number of fused-ring (bicyclic) bond motifs is 1. The molecule has 16 heteroatoms. The summed E-state index contributed by atoms with van der Waals surface area (Å²) in [4.78, 5) is 73.5. The molecular weight excluding hydrogens is 520 g/mol. The Hall–Kier alpha value is -4.73. The molecule has 1 aromatic carbocycles. The van der Waals surface area contributed by atoms with E-state index >= 15 is 0 Å². The summed E-state index contributed by atoms with van der Waals surface area (Å²) in [5, 5.41) is 26.0. The van der Waals surface area contributed by atoms with Gasteiger partial charge in [0.1, 0.15) is 12.1 Å². The zero-order valence-corrected chi connectivity index (χ0v) is 20.6. The van der Waals surface area contributed by atoms with Crippen molar-refractivity contribution < 1.29 is 29.4 Å². The summed E-state index contributed by atoms with van der Waals surface area (Å²) in [5.74, 6) is -4.16. The van der Waals surface area contributed by atoms with Crippen molar-refractivity contribution in [2.45, 2.75) is 31.5 Å². The van der Waals surface area contributed by atoms with E-state index in [0.717, 1.165) is 0 Å². The Kier molecular flexibility index (Phi) is 9.15. The molecule has 2 heterocycles. The predicted octanol–water partition coefficient (Wildman–Crippen LogP) is -0.630. The molecule has 0 saturated carbocycles. The molecule has 0 aliphatic carbocycles. The second kappa shape index (κ2) is 12.5. The minimum atomic E-state index is -1.37. The molecule has 8 N–H and O–H groups in total. The molecule has 0 unspecified atom stereocenters. The number of amides is 2. The first-order chi connectivity index (χ1) is 18.1. The summed E-state index contributed by atoms with van der Waals surface area (Å²) in [5.41, 5.74) is 6.37. The normalized spacial score (nSPS) is 12.3. The molecule has 0 radical (unpaired) electrons. The number of hydrogen-bond acceptors (Lipinski definition) is 11. The van der Waals surface area contributed by atoms with Crippen molar-refractivity contribution in [3.8, 4) is 0 Å². The van der Waals surface area contributed by atoms with Gasteiger partial charge in [-0.1, -0.05) is 0 Å². The number of rotatable bonds is 12. The highest BCUT2D eigenvalue weighted by Gasteiger charge is 2.23. The number of aromatic nitrogens is 4. The molecule has 2 atom stereocenters. The van der Waals surface area contributed by atoms with Crippen molar-refractivity contribution in [2.24, 2.45) is 0 Å². The molecule has 2 amide bonds. The van der Waals surface area contributed by atoms with Gasteiger partial charge in [0.2, 0.25) is 11.9 Å². The molecular formula is C22H24N8O7S. The molecule has 0 saturated heterocycles. The van der Waals surface area contributed by atoms with Crippen LogP contribution in [0.4, 0.5) is 11.6 Å². The lowest BCUT2D eigenvalue weighted by molar-refractivity contribution is -0.142. The first-order valence-corrected chi connectivity index (χ1v) is 11.7. The summed E-state index contributed by atoms with van der Waals surface area (Å²) in [6.45, 7) is 0.206. The first-order valence-electron chi connectivity index (χ1n) is 11.1. The fourth-order valence-electron chi connectivity index (χ4n) is 3.21. The van der Waals surface area contributed by atoms with Gasteiger partial charge in [0.05, 0.1) is 18.4 Å². The Morgan fingerprint density at radius 3 is 2.34 bits per heavy atom. The lowest BCUT2D eigenvalue weighted by Crippen LogP contribution is -2.44. The number of aromatic amines is 1. The van der Waals surface area contributed by atoms with Crippen molar-refractivity contribution in [1.29, 1.82) is 0 Å². The van der Waals surface area contributed by atoms with Gasteiger partial charge >= 0.3 is 11.9 Å². The second-order valence-corrected chi connectivity index (χ2v) is 8.32. The Bertz CT molecular complexity index is 1410. The maximum absolute atomic E-state index is 12.5. The smallest absolute Gasteiger partial charge is 0.327 e. The molecule has 0 aliphatic rings. The minimum Gasteiger partial charge on any atom is -0.480 e. The monoisotopic (exact) mass is 544 g/mol. The SMILES string of the molecule is Nc1nc2ncc(CNc3ccc(C(=O)N[C@@H](CCC(=O)N[C@@H](CS)C(=O)O)C(=O)O)cc3)nc2c(=O)[nH]1. The number of carboxylic acids is 2. The average molecular weight is 545 g/mol. The number of nitrogens with one attached hydrogen (secondary N) is 4. The van der Waals surface area contributed by atoms with Gasteiger partial charge in [0.15, 0.2) is 11.2 Å². The number of thiol groups is 1. The number of carbonyl (C=O) groups excluding carboxylic acids is 2. The predicted molar refractivity (Wildman–Crippen MR) is 138 cm³/mol. The number of hydrogen-bond donors (Lipinski definition) is 8. The van der Waals surface area contributed by atoms with Crippen LogP contribution in [-0.4, -0.2) is 71.7 Å². The van der Waals surface area contributed by atoms with Crippen LogP contribution in [0.25, 0.3) is 11.2 Å². The number of nitrogens with two attached hydrogens (primary N) is 1. The summed E-state index contributed by atoms with van der Waals surface area (Å²) < 4.78 is 0. The van der Waals surface area contributed by atoms with Gasteiger partial charge in [-0.15, -0.1) is 0 Å². The quantitative estimate of drug-likeness (QED) is 0.133. The minimum absolute atomic E-state index is 0.0411. The summed E-state index contributed by atoms with van der Waals surface area (Å²) in [7, 11) is 0. The molecule has 2 aromatic heterocycles. The Balaban J connectivity index is 1.56. The van der Waals surface area contributed by atoms with E-state index in [1.165, 1.54) is 18.3 Å². The second-order valence-electron chi connectivity index (χ2n) is 7.96. The average Bonchev–Trinajstić information content (AvgIpc) is 2.88. The third-order valence-electron chi connectivity index (χ3n) is 5.19. The molecule has 0 fully saturated rings. The van der Waals surface area contributed by atoms with Crippen LogP contribution in [0.5, 0.6) is 0 Å². The Morgan fingerprint density at radius 2 is 1.71 bits per heavy atom. The highest BCUT2D eigenvalue weighted by Crippen LogP contribution is 2.12. The lowest BCUT2D eigenvalue weighted by atomic mass is 10.1. The number of carbonyl (C=O) groups is 4. The maximum atomic E-state index is 12.5. The van der Waals surface area contributed by atoms with Crippen molar-refractivity contribution in [1.82, 2.24) is 30.6 Å². The van der Waals surface area contributed by atoms with E-state index in [1.807, 2.05) is 0 Å². The van der Waals surface area contributed by atoms with Gasteiger partial charge in [-0.3, -0.25) is 19.4 Å². The fourth-order valence-corrected chi connectivity index (χ4v) is 3.46. The Labute approximate surface area is 219 Å². The van der Waals surface area contributed by atoms with Crippen molar-refractivity contribution in [3.63, 3.8) is 0 Å². The fraction of sp³-hybridized carbons (Fsp3) is 0.273. The van der Waals surface area contributed by atoms with Crippen molar-refractivity contribution in [3.05, 3.63) is 52.1 Å². The molecule has 38 heavy (non-hydrogen) atoms. The standard InChI is InChI=1S/C22H24N8O7S/c23-22-29-17-16(19(33)30-22)26-12(8-25-17)7-24-11-3-1-10(2-4-11)18(32)28-13(20(34)35)5-6-15(31)27-14(9-38)21(36)37/h1-4,8,13-14,24,38H,5-7,9H2,(H,27,31)(H,28,32)(H,34,35)(H,36,37)(H3,23,25,29,30,33)/t13-,14-/m0/s1. The molecule has 15 nitrogen and oxygen atoms in total. The van der Waals surface area contributed by atoms with E-state index in [0.29, 0.717) is 11.4 Å². The highest BCUT2D eigenvalue weighted by molar-refractivity contribution is 7.80. The van der Waals surface area contributed by atoms with Crippen LogP contribution in [-0.2, 0) is 20.9 Å². The largest absolute Gasteiger partial charge is 0.480 e. The van der Waals surface area contributed by atoms with Crippen molar-refractivity contribution in [2.75, 3.05) is 16.8 Å². The molecule has 3 rings (SSSR count). The molecule has 200 valence electrons. The lowest BCUT2D eigenvalue weighted by Gasteiger charge is -2.16. The number of anilines is 2. The third kappa shape index (κ3) is 7.39. The van der Waals surface area contributed by atoms with E-state index in [9.17, 15) is 29.1 Å². The number of nitrogens with zero attached hydrogens (tertiary/aromatic N) is 3. The van der Waals surface area contributed by atoms with Crippen LogP contribution in [0.15, 0.2) is 35.3 Å². The van der Waals surface area contributed by atoms with Crippen LogP contribution in [0, 0.1) is 0 Å². The molecule has 0 aliphatic heterocycles. The molecule has 3 aromatic rings. The van der Waals surface area contributed by atoms with Gasteiger partial charge in [0.25, 0.3) is 11.5 Å². The topological polar surface area (TPSA) is 242 Å². The van der Waals surface area contributed by atoms with Gasteiger partial charge in [-0.05, 0) is 30.7 Å². The van der Waals surface area contributed by atoms with Gasteiger partial charge < -0.3 is 31.9 Å². The number of benzene rings is 1. The number of H-pyrrole nitrogens is 1. The van der Waals surface area contributed by atoms with Crippen LogP contribution in [0.2, 0.25) is 0 Å². The molecule has 0 bridgehead atoms. The van der Waals surface area contributed by atoms with Gasteiger partial charge in [-0.25, -0.2) is 19.6 Å². The van der Waals surface area contributed by atoms with Gasteiger partial charge in [-0.2, -0.15) is 17.6 Å². The van der Waals surface area contributed by atoms with E-state index in [4.69, 9.17) is 10.8 Å².